The molecule has 0 saturated heterocycles. The maximum absolute atomic E-state index is 13.1. The molecule has 0 aliphatic heterocycles. The van der Waals surface area contributed by atoms with Crippen molar-refractivity contribution in [1.82, 2.24) is 9.97 Å². The Bertz CT molecular complexity index is 544. The summed E-state index contributed by atoms with van der Waals surface area (Å²) in [5, 5.41) is 2.53. The second-order valence-corrected chi connectivity index (χ2v) is 3.32. The first kappa shape index (κ1) is 11.0. The molecule has 0 radical (unpaired) electrons. The fourth-order valence-corrected chi connectivity index (χ4v) is 1.24. The van der Waals surface area contributed by atoms with Crippen LogP contribution in [-0.4, -0.2) is 15.9 Å². The zero-order chi connectivity index (χ0) is 12.3. The lowest BCUT2D eigenvalue weighted by molar-refractivity contribution is 0.102. The number of nitrogens with two attached hydrogens (primary N) is 1. The van der Waals surface area contributed by atoms with Crippen molar-refractivity contribution in [3.8, 4) is 0 Å². The van der Waals surface area contributed by atoms with Crippen LogP contribution in [0.15, 0.2) is 36.9 Å². The maximum atomic E-state index is 13.1. The van der Waals surface area contributed by atoms with Crippen molar-refractivity contribution in [3.63, 3.8) is 0 Å². The van der Waals surface area contributed by atoms with Gasteiger partial charge in [0, 0.05) is 5.56 Å². The maximum Gasteiger partial charge on any atom is 0.255 e. The molecule has 6 heteroatoms. The highest BCUT2D eigenvalue weighted by Gasteiger charge is 2.08. The summed E-state index contributed by atoms with van der Waals surface area (Å²) in [6.45, 7) is 0. The normalized spacial score (nSPS) is 9.94. The number of aromatic nitrogens is 2. The minimum atomic E-state index is -0.623. The number of nitrogens with zero attached hydrogens (tertiary/aromatic N) is 2. The number of nitrogens with one attached hydrogen (secondary N) is 1. The van der Waals surface area contributed by atoms with Crippen molar-refractivity contribution in [2.45, 2.75) is 0 Å². The third-order valence-electron chi connectivity index (χ3n) is 2.08. The van der Waals surface area contributed by atoms with Crippen molar-refractivity contribution in [1.29, 1.82) is 0 Å². The molecule has 0 fully saturated rings. The number of nitrogen functional groups attached to an aromatic ring is 1. The van der Waals surface area contributed by atoms with Crippen molar-refractivity contribution in [2.75, 3.05) is 11.1 Å². The lowest BCUT2D eigenvalue weighted by Gasteiger charge is -2.04. The smallest absolute Gasteiger partial charge is 0.255 e. The molecule has 1 aromatic carbocycles. The number of amides is 1. The Kier molecular flexibility index (Phi) is 2.95. The zero-order valence-electron chi connectivity index (χ0n) is 8.72. The van der Waals surface area contributed by atoms with E-state index in [0.717, 1.165) is 6.07 Å². The van der Waals surface area contributed by atoms with Gasteiger partial charge in [-0.2, -0.15) is 0 Å². The molecule has 0 atom stereocenters. The molecule has 3 N–H and O–H groups in total. The standard InChI is InChI=1S/C11H9FN4O/c12-9-3-7(1-2-10(9)13)11(17)16-8-4-14-6-15-5-8/h1-6H,13H2,(H,16,17). The number of hydrogen-bond donors (Lipinski definition) is 2. The average Bonchev–Trinajstić information content (AvgIpc) is 2.34. The third kappa shape index (κ3) is 2.54. The van der Waals surface area contributed by atoms with Crippen molar-refractivity contribution < 1.29 is 9.18 Å². The highest BCUT2D eigenvalue weighted by molar-refractivity contribution is 6.04. The SMILES string of the molecule is Nc1ccc(C(=O)Nc2cncnc2)cc1F. The highest BCUT2D eigenvalue weighted by atomic mass is 19.1. The molecule has 1 amide bonds. The minimum Gasteiger partial charge on any atom is -0.396 e. The third-order valence-corrected chi connectivity index (χ3v) is 2.08. The molecule has 2 aromatic rings. The van der Waals surface area contributed by atoms with E-state index in [9.17, 15) is 9.18 Å². The zero-order valence-corrected chi connectivity index (χ0v) is 8.72. The second-order valence-electron chi connectivity index (χ2n) is 3.32. The first-order chi connectivity index (χ1) is 8.16. The summed E-state index contributed by atoms with van der Waals surface area (Å²) in [7, 11) is 0. The Balaban J connectivity index is 2.18. The van der Waals surface area contributed by atoms with Crippen LogP contribution in [0, 0.1) is 5.82 Å². The molecule has 0 spiro atoms. The molecule has 86 valence electrons. The summed E-state index contributed by atoms with van der Waals surface area (Å²) in [6, 6.07) is 3.86. The Morgan fingerprint density at radius 3 is 2.65 bits per heavy atom. The number of halogens is 1. The molecule has 1 aromatic heterocycles. The largest absolute Gasteiger partial charge is 0.396 e. The van der Waals surface area contributed by atoms with Gasteiger partial charge in [-0.3, -0.25) is 4.79 Å². The topological polar surface area (TPSA) is 80.9 Å². The molecule has 0 aliphatic carbocycles. The van der Waals surface area contributed by atoms with E-state index >= 15 is 0 Å². The van der Waals surface area contributed by atoms with Crippen LogP contribution in [0.25, 0.3) is 0 Å². The molecule has 2 rings (SSSR count). The molecule has 1 heterocycles. The van der Waals surface area contributed by atoms with Gasteiger partial charge in [-0.05, 0) is 18.2 Å². The van der Waals surface area contributed by atoms with Gasteiger partial charge in [0.1, 0.15) is 12.1 Å². The first-order valence-corrected chi connectivity index (χ1v) is 4.78. The number of carbonyl (C=O) groups is 1. The summed E-state index contributed by atoms with van der Waals surface area (Å²) in [5.41, 5.74) is 5.94. The van der Waals surface area contributed by atoms with Gasteiger partial charge in [0.25, 0.3) is 5.91 Å². The summed E-state index contributed by atoms with van der Waals surface area (Å²) in [5.74, 6) is -1.07. The van der Waals surface area contributed by atoms with Crippen LogP contribution in [0.5, 0.6) is 0 Å². The molecular weight excluding hydrogens is 223 g/mol. The molecular formula is C11H9FN4O. The van der Waals surface area contributed by atoms with Crippen molar-refractivity contribution in [3.05, 3.63) is 48.3 Å². The van der Waals surface area contributed by atoms with Gasteiger partial charge in [0.05, 0.1) is 23.8 Å². The second kappa shape index (κ2) is 4.56. The number of hydrogen-bond acceptors (Lipinski definition) is 4. The van der Waals surface area contributed by atoms with Gasteiger partial charge in [-0.25, -0.2) is 14.4 Å². The summed E-state index contributed by atoms with van der Waals surface area (Å²) in [4.78, 5) is 19.2. The average molecular weight is 232 g/mol. The lowest BCUT2D eigenvalue weighted by atomic mass is 10.2. The van der Waals surface area contributed by atoms with Crippen LogP contribution in [-0.2, 0) is 0 Å². The Morgan fingerprint density at radius 1 is 1.29 bits per heavy atom. The monoisotopic (exact) mass is 232 g/mol. The number of anilines is 2. The van der Waals surface area contributed by atoms with E-state index in [1.54, 1.807) is 0 Å². The Hall–Kier alpha value is -2.50. The fraction of sp³-hybridized carbons (Fsp3) is 0. The van der Waals surface area contributed by atoms with E-state index in [1.165, 1.54) is 30.9 Å². The van der Waals surface area contributed by atoms with Gasteiger partial charge in [-0.15, -0.1) is 0 Å². The molecule has 0 saturated carbocycles. The van der Waals surface area contributed by atoms with Gasteiger partial charge < -0.3 is 11.1 Å². The first-order valence-electron chi connectivity index (χ1n) is 4.78. The fourth-order valence-electron chi connectivity index (χ4n) is 1.24. The predicted octanol–water partition coefficient (Wildman–Crippen LogP) is 1.45. The van der Waals surface area contributed by atoms with Gasteiger partial charge in [0.2, 0.25) is 0 Å². The van der Waals surface area contributed by atoms with Crippen LogP contribution in [0.2, 0.25) is 0 Å². The number of rotatable bonds is 2. The number of carbonyl (C=O) groups excluding carboxylic acids is 1. The molecule has 17 heavy (non-hydrogen) atoms. The van der Waals surface area contributed by atoms with Crippen molar-refractivity contribution >= 4 is 17.3 Å². The highest BCUT2D eigenvalue weighted by Crippen LogP contribution is 2.13. The van der Waals surface area contributed by atoms with E-state index in [2.05, 4.69) is 15.3 Å². The van der Waals surface area contributed by atoms with Crippen LogP contribution < -0.4 is 11.1 Å². The summed E-state index contributed by atoms with van der Waals surface area (Å²) < 4.78 is 13.1. The van der Waals surface area contributed by atoms with E-state index in [1.807, 2.05) is 0 Å². The molecule has 0 aliphatic rings. The van der Waals surface area contributed by atoms with Crippen LogP contribution in [0.4, 0.5) is 15.8 Å². The Labute approximate surface area is 96.5 Å². The minimum absolute atomic E-state index is 0.00425. The van der Waals surface area contributed by atoms with E-state index in [4.69, 9.17) is 5.73 Å². The predicted molar refractivity (Wildman–Crippen MR) is 60.8 cm³/mol. The quantitative estimate of drug-likeness (QED) is 0.768. The number of benzene rings is 1. The van der Waals surface area contributed by atoms with E-state index in [0.29, 0.717) is 5.69 Å². The molecule has 0 unspecified atom stereocenters. The van der Waals surface area contributed by atoms with Gasteiger partial charge in [0.15, 0.2) is 0 Å². The molecule has 5 nitrogen and oxygen atoms in total. The van der Waals surface area contributed by atoms with Crippen molar-refractivity contribution in [2.24, 2.45) is 0 Å². The summed E-state index contributed by atoms with van der Waals surface area (Å²) >= 11 is 0. The van der Waals surface area contributed by atoms with Gasteiger partial charge in [-0.1, -0.05) is 0 Å². The van der Waals surface area contributed by atoms with Crippen LogP contribution in [0.3, 0.4) is 0 Å². The Morgan fingerprint density at radius 2 is 2.00 bits per heavy atom. The molecule has 0 bridgehead atoms. The van der Waals surface area contributed by atoms with Crippen LogP contribution in [0.1, 0.15) is 10.4 Å². The van der Waals surface area contributed by atoms with E-state index < -0.39 is 11.7 Å². The van der Waals surface area contributed by atoms with Gasteiger partial charge >= 0.3 is 0 Å². The summed E-state index contributed by atoms with van der Waals surface area (Å²) in [6.07, 6.45) is 4.23. The van der Waals surface area contributed by atoms with Crippen LogP contribution >= 0.6 is 0 Å². The van der Waals surface area contributed by atoms with E-state index in [-0.39, 0.29) is 11.3 Å². The lowest BCUT2D eigenvalue weighted by Crippen LogP contribution is -2.12.